The summed E-state index contributed by atoms with van der Waals surface area (Å²) in [7, 11) is 0. The number of rotatable bonds is 2. The Morgan fingerprint density at radius 1 is 1.53 bits per heavy atom. The lowest BCUT2D eigenvalue weighted by atomic mass is 10.0. The van der Waals surface area contributed by atoms with Gasteiger partial charge < -0.3 is 10.2 Å². The van der Waals surface area contributed by atoms with Crippen molar-refractivity contribution in [2.75, 3.05) is 13.1 Å². The summed E-state index contributed by atoms with van der Waals surface area (Å²) >= 11 is 0. The van der Waals surface area contributed by atoms with Crippen LogP contribution in [0.1, 0.15) is 13.3 Å². The third-order valence-corrected chi connectivity index (χ3v) is 2.71. The van der Waals surface area contributed by atoms with Gasteiger partial charge in [0.15, 0.2) is 5.60 Å². The van der Waals surface area contributed by atoms with E-state index in [-0.39, 0.29) is 6.54 Å². The van der Waals surface area contributed by atoms with Crippen LogP contribution in [0.4, 0.5) is 13.2 Å². The van der Waals surface area contributed by atoms with E-state index in [0.29, 0.717) is 0 Å². The zero-order chi connectivity index (χ0) is 11.9. The monoisotopic (exact) mass is 227 g/mol. The SMILES string of the molecule is CC(C(=O)O)N1CCC(O)(C(F)(F)F)C1. The largest absolute Gasteiger partial charge is 0.480 e. The van der Waals surface area contributed by atoms with E-state index in [1.807, 2.05) is 0 Å². The molecule has 1 aliphatic heterocycles. The summed E-state index contributed by atoms with van der Waals surface area (Å²) in [4.78, 5) is 11.6. The predicted octanol–water partition coefficient (Wildman–Crippen LogP) is 0.459. The van der Waals surface area contributed by atoms with Crippen molar-refractivity contribution in [1.29, 1.82) is 0 Å². The fraction of sp³-hybridized carbons (Fsp3) is 0.875. The van der Waals surface area contributed by atoms with Crippen molar-refractivity contribution in [3.8, 4) is 0 Å². The highest BCUT2D eigenvalue weighted by Gasteiger charge is 2.57. The second-order valence-corrected chi connectivity index (χ2v) is 3.76. The molecule has 0 aromatic carbocycles. The number of carboxylic acid groups (broad SMARTS) is 1. The van der Waals surface area contributed by atoms with Gasteiger partial charge >= 0.3 is 12.1 Å². The van der Waals surface area contributed by atoms with E-state index in [1.165, 1.54) is 6.92 Å². The Hall–Kier alpha value is -0.820. The molecule has 0 amide bonds. The van der Waals surface area contributed by atoms with Gasteiger partial charge in [-0.1, -0.05) is 0 Å². The van der Waals surface area contributed by atoms with Crippen molar-refractivity contribution >= 4 is 5.97 Å². The summed E-state index contributed by atoms with van der Waals surface area (Å²) in [5, 5.41) is 17.9. The molecule has 0 saturated carbocycles. The molecule has 2 unspecified atom stereocenters. The number of carboxylic acids is 1. The van der Waals surface area contributed by atoms with Crippen molar-refractivity contribution in [2.24, 2.45) is 0 Å². The van der Waals surface area contributed by atoms with Gasteiger partial charge in [0.2, 0.25) is 0 Å². The normalized spacial score (nSPS) is 30.5. The lowest BCUT2D eigenvalue weighted by Gasteiger charge is -2.27. The fourth-order valence-electron chi connectivity index (χ4n) is 1.54. The predicted molar refractivity (Wildman–Crippen MR) is 44.3 cm³/mol. The summed E-state index contributed by atoms with van der Waals surface area (Å²) in [6, 6.07) is -1.01. The molecule has 0 bridgehead atoms. The second kappa shape index (κ2) is 3.64. The first-order valence-electron chi connectivity index (χ1n) is 4.43. The topological polar surface area (TPSA) is 60.8 Å². The Labute approximate surface area is 84.3 Å². The van der Waals surface area contributed by atoms with Crippen LogP contribution in [-0.4, -0.2) is 52.0 Å². The smallest absolute Gasteiger partial charge is 0.418 e. The first-order chi connectivity index (χ1) is 6.67. The summed E-state index contributed by atoms with van der Waals surface area (Å²) in [5.74, 6) is -1.19. The quantitative estimate of drug-likeness (QED) is 0.719. The van der Waals surface area contributed by atoms with Crippen molar-refractivity contribution in [3.05, 3.63) is 0 Å². The van der Waals surface area contributed by atoms with Gasteiger partial charge in [0, 0.05) is 13.1 Å². The Kier molecular flexibility index (Phi) is 2.97. The van der Waals surface area contributed by atoms with Gasteiger partial charge in [0.05, 0.1) is 0 Å². The number of aliphatic carboxylic acids is 1. The minimum Gasteiger partial charge on any atom is -0.480 e. The van der Waals surface area contributed by atoms with Crippen LogP contribution in [0.5, 0.6) is 0 Å². The zero-order valence-corrected chi connectivity index (χ0v) is 8.08. The molecule has 4 nitrogen and oxygen atoms in total. The molecule has 2 N–H and O–H groups in total. The third-order valence-electron chi connectivity index (χ3n) is 2.71. The summed E-state index contributed by atoms with van der Waals surface area (Å²) in [5.41, 5.74) is -2.77. The molecule has 0 spiro atoms. The molecule has 1 aliphatic rings. The first kappa shape index (κ1) is 12.3. The van der Waals surface area contributed by atoms with Gasteiger partial charge in [-0.15, -0.1) is 0 Å². The minimum absolute atomic E-state index is 0.0660. The third kappa shape index (κ3) is 2.23. The maximum Gasteiger partial charge on any atom is 0.418 e. The standard InChI is InChI=1S/C8H12F3NO3/c1-5(6(13)14)12-3-2-7(15,4-12)8(9,10)11/h5,15H,2-4H2,1H3,(H,13,14). The average Bonchev–Trinajstić information content (AvgIpc) is 2.46. The van der Waals surface area contributed by atoms with E-state index in [4.69, 9.17) is 5.11 Å². The molecular weight excluding hydrogens is 215 g/mol. The Morgan fingerprint density at radius 3 is 2.40 bits per heavy atom. The number of alkyl halides is 3. The number of likely N-dealkylation sites (tertiary alicyclic amines) is 1. The van der Waals surface area contributed by atoms with Crippen LogP contribution < -0.4 is 0 Å². The highest BCUT2D eigenvalue weighted by molar-refractivity contribution is 5.72. The lowest BCUT2D eigenvalue weighted by Crippen LogP contribution is -2.49. The summed E-state index contributed by atoms with van der Waals surface area (Å²) in [6.45, 7) is 0.553. The minimum atomic E-state index is -4.71. The molecule has 0 aliphatic carbocycles. The van der Waals surface area contributed by atoms with E-state index in [2.05, 4.69) is 0 Å². The second-order valence-electron chi connectivity index (χ2n) is 3.76. The molecule has 1 saturated heterocycles. The number of aliphatic hydroxyl groups is 1. The number of hydrogen-bond acceptors (Lipinski definition) is 3. The summed E-state index contributed by atoms with van der Waals surface area (Å²) < 4.78 is 37.1. The highest BCUT2D eigenvalue weighted by Crippen LogP contribution is 2.38. The molecule has 0 radical (unpaired) electrons. The number of halogens is 3. The van der Waals surface area contributed by atoms with Gasteiger partial charge in [-0.05, 0) is 13.3 Å². The van der Waals surface area contributed by atoms with Crippen molar-refractivity contribution < 1.29 is 28.2 Å². The highest BCUT2D eigenvalue weighted by atomic mass is 19.4. The zero-order valence-electron chi connectivity index (χ0n) is 8.08. The van der Waals surface area contributed by atoms with Crippen molar-refractivity contribution in [2.45, 2.75) is 31.2 Å². The molecule has 0 aromatic rings. The van der Waals surface area contributed by atoms with Gasteiger partial charge in [-0.2, -0.15) is 13.2 Å². The molecule has 7 heteroatoms. The van der Waals surface area contributed by atoms with Crippen LogP contribution in [-0.2, 0) is 4.79 Å². The van der Waals surface area contributed by atoms with Gasteiger partial charge in [0.1, 0.15) is 6.04 Å². The molecule has 88 valence electrons. The maximum absolute atomic E-state index is 12.4. The van der Waals surface area contributed by atoms with E-state index >= 15 is 0 Å². The van der Waals surface area contributed by atoms with E-state index in [9.17, 15) is 23.1 Å². The number of nitrogens with zero attached hydrogens (tertiary/aromatic N) is 1. The number of carbonyl (C=O) groups is 1. The van der Waals surface area contributed by atoms with Crippen LogP contribution in [0.3, 0.4) is 0 Å². The number of hydrogen-bond donors (Lipinski definition) is 2. The number of β-amino-alcohol motifs (C(OH)–C–C–N with tert-alkyl or cyclic N) is 1. The van der Waals surface area contributed by atoms with E-state index < -0.39 is 36.8 Å². The van der Waals surface area contributed by atoms with Crippen molar-refractivity contribution in [3.63, 3.8) is 0 Å². The Morgan fingerprint density at radius 2 is 2.07 bits per heavy atom. The molecule has 15 heavy (non-hydrogen) atoms. The van der Waals surface area contributed by atoms with Gasteiger partial charge in [-0.25, -0.2) is 0 Å². The first-order valence-corrected chi connectivity index (χ1v) is 4.43. The summed E-state index contributed by atoms with van der Waals surface area (Å²) in [6.07, 6.45) is -5.19. The van der Waals surface area contributed by atoms with Crippen LogP contribution in [0.25, 0.3) is 0 Å². The van der Waals surface area contributed by atoms with Crippen LogP contribution >= 0.6 is 0 Å². The van der Waals surface area contributed by atoms with Crippen molar-refractivity contribution in [1.82, 2.24) is 4.90 Å². The average molecular weight is 227 g/mol. The lowest BCUT2D eigenvalue weighted by molar-refractivity contribution is -0.254. The fourth-order valence-corrected chi connectivity index (χ4v) is 1.54. The van der Waals surface area contributed by atoms with Crippen LogP contribution in [0.2, 0.25) is 0 Å². The molecular formula is C8H12F3NO3. The molecule has 0 aromatic heterocycles. The Bertz CT molecular complexity index is 268. The van der Waals surface area contributed by atoms with Gasteiger partial charge in [-0.3, -0.25) is 9.69 Å². The van der Waals surface area contributed by atoms with Crippen LogP contribution in [0.15, 0.2) is 0 Å². The maximum atomic E-state index is 12.4. The van der Waals surface area contributed by atoms with E-state index in [1.54, 1.807) is 0 Å². The van der Waals surface area contributed by atoms with Gasteiger partial charge in [0.25, 0.3) is 0 Å². The van der Waals surface area contributed by atoms with E-state index in [0.717, 1.165) is 4.90 Å². The Balaban J connectivity index is 2.71. The molecule has 1 rings (SSSR count). The van der Waals surface area contributed by atoms with Crippen LogP contribution in [0, 0.1) is 0 Å². The molecule has 1 heterocycles. The molecule has 1 fully saturated rings. The molecule has 2 atom stereocenters.